The molecule has 1 aromatic carbocycles. The van der Waals surface area contributed by atoms with Crippen LogP contribution in [0.5, 0.6) is 0 Å². The number of benzene rings is 1. The summed E-state index contributed by atoms with van der Waals surface area (Å²) < 4.78 is 5.11. The van der Waals surface area contributed by atoms with Gasteiger partial charge in [0.25, 0.3) is 0 Å². The lowest BCUT2D eigenvalue weighted by molar-refractivity contribution is -0.858. The Morgan fingerprint density at radius 3 is 2.47 bits per heavy atom. The first-order valence-corrected chi connectivity index (χ1v) is 5.67. The molecule has 17 heavy (non-hydrogen) atoms. The maximum atomic E-state index is 11.4. The molecule has 96 valence electrons. The summed E-state index contributed by atoms with van der Waals surface area (Å²) in [6, 6.07) is 9.99. The van der Waals surface area contributed by atoms with Gasteiger partial charge in [-0.25, -0.2) is 0 Å². The molecule has 0 unspecified atom stereocenters. The number of likely N-dealkylation sites (N-methyl/N-ethyl adjacent to an activating group) is 1. The number of hydrogen-bond acceptors (Lipinski definition) is 2. The van der Waals surface area contributed by atoms with Crippen molar-refractivity contribution < 1.29 is 26.8 Å². The molecule has 1 aromatic rings. The molecule has 0 bridgehead atoms. The molecule has 1 N–H and O–H groups in total. The van der Waals surface area contributed by atoms with Gasteiger partial charge in [0.2, 0.25) is 0 Å². The number of carbonyl (C=O) groups excluding carboxylic acids is 1. The smallest absolute Gasteiger partial charge is 0.306 e. The molecular weight excluding hydrogens is 238 g/mol. The predicted octanol–water partition coefficient (Wildman–Crippen LogP) is -2.69. The SMILES string of the molecule is C[NH+](C)CCOC(=O)CCc1ccccc1.[Cl-]. The van der Waals surface area contributed by atoms with Gasteiger partial charge in [0.05, 0.1) is 14.1 Å². The molecule has 0 radical (unpaired) electrons. The normalized spacial score (nSPS) is 9.82. The first-order valence-electron chi connectivity index (χ1n) is 5.67. The van der Waals surface area contributed by atoms with E-state index in [4.69, 9.17) is 4.74 Å². The van der Waals surface area contributed by atoms with Crippen LogP contribution in [-0.4, -0.2) is 33.2 Å². The van der Waals surface area contributed by atoms with Crippen LogP contribution in [0.1, 0.15) is 12.0 Å². The Labute approximate surface area is 109 Å². The molecule has 0 heterocycles. The maximum Gasteiger partial charge on any atom is 0.306 e. The van der Waals surface area contributed by atoms with Crippen LogP contribution < -0.4 is 17.3 Å². The Morgan fingerprint density at radius 2 is 1.88 bits per heavy atom. The number of halogens is 1. The molecule has 1 rings (SSSR count). The van der Waals surface area contributed by atoms with Gasteiger partial charge < -0.3 is 22.0 Å². The third-order valence-electron chi connectivity index (χ3n) is 2.33. The Hall–Kier alpha value is -1.06. The first kappa shape index (κ1) is 15.9. The molecule has 0 amide bonds. The summed E-state index contributed by atoms with van der Waals surface area (Å²) in [5.41, 5.74) is 1.18. The fourth-order valence-corrected chi connectivity index (χ4v) is 1.33. The first-order chi connectivity index (χ1) is 7.68. The standard InChI is InChI=1S/C13H19NO2.ClH/c1-14(2)10-11-16-13(15)9-8-12-6-4-3-5-7-12;/h3-7H,8-11H2,1-2H3;1H. The van der Waals surface area contributed by atoms with Crippen molar-refractivity contribution in [2.24, 2.45) is 0 Å². The molecule has 0 spiro atoms. The number of carbonyl (C=O) groups is 1. The van der Waals surface area contributed by atoms with Crippen LogP contribution in [-0.2, 0) is 16.0 Å². The van der Waals surface area contributed by atoms with E-state index in [9.17, 15) is 4.79 Å². The van der Waals surface area contributed by atoms with Gasteiger partial charge in [0.15, 0.2) is 0 Å². The van der Waals surface area contributed by atoms with Gasteiger partial charge in [-0.1, -0.05) is 30.3 Å². The molecule has 0 aliphatic rings. The monoisotopic (exact) mass is 257 g/mol. The fraction of sp³-hybridized carbons (Fsp3) is 0.462. The van der Waals surface area contributed by atoms with Crippen molar-refractivity contribution in [1.82, 2.24) is 0 Å². The number of hydrogen-bond donors (Lipinski definition) is 1. The minimum Gasteiger partial charge on any atom is -1.00 e. The van der Waals surface area contributed by atoms with Crippen LogP contribution in [0, 0.1) is 0 Å². The lowest BCUT2D eigenvalue weighted by Gasteiger charge is -2.07. The average Bonchev–Trinajstić information content (AvgIpc) is 2.27. The Balaban J connectivity index is 0.00000256. The summed E-state index contributed by atoms with van der Waals surface area (Å²) in [6.45, 7) is 1.37. The molecule has 0 atom stereocenters. The van der Waals surface area contributed by atoms with E-state index >= 15 is 0 Å². The van der Waals surface area contributed by atoms with Crippen molar-refractivity contribution in [3.63, 3.8) is 0 Å². The third-order valence-corrected chi connectivity index (χ3v) is 2.33. The van der Waals surface area contributed by atoms with E-state index < -0.39 is 0 Å². The van der Waals surface area contributed by atoms with Crippen molar-refractivity contribution in [1.29, 1.82) is 0 Å². The van der Waals surface area contributed by atoms with Crippen molar-refractivity contribution in [2.75, 3.05) is 27.2 Å². The zero-order valence-electron chi connectivity index (χ0n) is 10.4. The number of esters is 1. The quantitative estimate of drug-likeness (QED) is 0.563. The average molecular weight is 258 g/mol. The van der Waals surface area contributed by atoms with Gasteiger partial charge in [-0.15, -0.1) is 0 Å². The van der Waals surface area contributed by atoms with Crippen LogP contribution >= 0.6 is 0 Å². The van der Waals surface area contributed by atoms with Crippen LogP contribution in [0.2, 0.25) is 0 Å². The highest BCUT2D eigenvalue weighted by molar-refractivity contribution is 5.69. The molecular formula is C13H20ClNO2. The highest BCUT2D eigenvalue weighted by Crippen LogP contribution is 2.02. The number of aryl methyl sites for hydroxylation is 1. The third kappa shape index (κ3) is 7.77. The molecule has 4 heteroatoms. The summed E-state index contributed by atoms with van der Waals surface area (Å²) in [4.78, 5) is 12.7. The highest BCUT2D eigenvalue weighted by Gasteiger charge is 2.04. The summed E-state index contributed by atoms with van der Waals surface area (Å²) in [5, 5.41) is 0. The zero-order valence-corrected chi connectivity index (χ0v) is 11.2. The second-order valence-corrected chi connectivity index (χ2v) is 4.16. The zero-order chi connectivity index (χ0) is 11.8. The predicted molar refractivity (Wildman–Crippen MR) is 63.4 cm³/mol. The van der Waals surface area contributed by atoms with Crippen LogP contribution in [0.4, 0.5) is 0 Å². The summed E-state index contributed by atoms with van der Waals surface area (Å²) in [6.07, 6.45) is 1.22. The van der Waals surface area contributed by atoms with E-state index in [2.05, 4.69) is 0 Å². The molecule has 0 saturated heterocycles. The van der Waals surface area contributed by atoms with E-state index in [0.717, 1.165) is 13.0 Å². The minimum absolute atomic E-state index is 0. The molecule has 3 nitrogen and oxygen atoms in total. The maximum absolute atomic E-state index is 11.4. The van der Waals surface area contributed by atoms with E-state index in [1.165, 1.54) is 10.5 Å². The van der Waals surface area contributed by atoms with Crippen LogP contribution in [0.15, 0.2) is 30.3 Å². The van der Waals surface area contributed by atoms with Gasteiger partial charge in [-0.05, 0) is 12.0 Å². The summed E-state index contributed by atoms with van der Waals surface area (Å²) in [5.74, 6) is -0.106. The highest BCUT2D eigenvalue weighted by atomic mass is 35.5. The Kier molecular flexibility index (Phi) is 8.46. The summed E-state index contributed by atoms with van der Waals surface area (Å²) in [7, 11) is 4.08. The molecule has 0 saturated carbocycles. The van der Waals surface area contributed by atoms with E-state index in [0.29, 0.717) is 13.0 Å². The van der Waals surface area contributed by atoms with E-state index in [1.54, 1.807) is 0 Å². The van der Waals surface area contributed by atoms with Crippen molar-refractivity contribution in [3.8, 4) is 0 Å². The molecule has 0 aromatic heterocycles. The lowest BCUT2D eigenvalue weighted by Crippen LogP contribution is -3.06. The second-order valence-electron chi connectivity index (χ2n) is 4.16. The van der Waals surface area contributed by atoms with Gasteiger partial charge in [0, 0.05) is 6.42 Å². The van der Waals surface area contributed by atoms with Gasteiger partial charge in [-0.2, -0.15) is 0 Å². The van der Waals surface area contributed by atoms with E-state index in [-0.39, 0.29) is 18.4 Å². The molecule has 0 aliphatic heterocycles. The number of quaternary nitrogens is 1. The van der Waals surface area contributed by atoms with Gasteiger partial charge in [0.1, 0.15) is 13.2 Å². The molecule has 0 fully saturated rings. The minimum atomic E-state index is -0.106. The van der Waals surface area contributed by atoms with Gasteiger partial charge in [-0.3, -0.25) is 4.79 Å². The van der Waals surface area contributed by atoms with E-state index in [1.807, 2.05) is 44.4 Å². The van der Waals surface area contributed by atoms with Crippen molar-refractivity contribution in [2.45, 2.75) is 12.8 Å². The fourth-order valence-electron chi connectivity index (χ4n) is 1.33. The van der Waals surface area contributed by atoms with Crippen molar-refractivity contribution in [3.05, 3.63) is 35.9 Å². The largest absolute Gasteiger partial charge is 1.00 e. The van der Waals surface area contributed by atoms with Crippen LogP contribution in [0.25, 0.3) is 0 Å². The Bertz CT molecular complexity index is 314. The number of ether oxygens (including phenoxy) is 1. The second kappa shape index (κ2) is 9.02. The number of rotatable bonds is 6. The topological polar surface area (TPSA) is 30.7 Å². The summed E-state index contributed by atoms with van der Waals surface area (Å²) >= 11 is 0. The molecule has 0 aliphatic carbocycles. The number of nitrogens with one attached hydrogen (secondary N) is 1. The Morgan fingerprint density at radius 1 is 1.24 bits per heavy atom. The van der Waals surface area contributed by atoms with Crippen LogP contribution in [0.3, 0.4) is 0 Å². The van der Waals surface area contributed by atoms with Gasteiger partial charge >= 0.3 is 5.97 Å². The lowest BCUT2D eigenvalue weighted by atomic mass is 10.1. The van der Waals surface area contributed by atoms with Crippen molar-refractivity contribution >= 4 is 5.97 Å².